The molecule has 1 aromatic heterocycles. The van der Waals surface area contributed by atoms with Gasteiger partial charge in [0.1, 0.15) is 5.82 Å². The Labute approximate surface area is 156 Å². The van der Waals surface area contributed by atoms with E-state index in [0.29, 0.717) is 25.3 Å². The third-order valence-corrected chi connectivity index (χ3v) is 4.59. The Bertz CT molecular complexity index is 816. The monoisotopic (exact) mass is 372 g/mol. The first-order valence-electron chi connectivity index (χ1n) is 9.08. The molecule has 27 heavy (non-hydrogen) atoms. The number of rotatable bonds is 8. The van der Waals surface area contributed by atoms with Crippen LogP contribution < -0.4 is 16.3 Å². The van der Waals surface area contributed by atoms with Crippen LogP contribution in [0.1, 0.15) is 17.8 Å². The summed E-state index contributed by atoms with van der Waals surface area (Å²) in [4.78, 5) is 40.1. The first-order valence-corrected chi connectivity index (χ1v) is 9.08. The van der Waals surface area contributed by atoms with Crippen LogP contribution in [-0.2, 0) is 22.4 Å². The number of hydrogen-bond acceptors (Lipinski definition) is 5. The summed E-state index contributed by atoms with van der Waals surface area (Å²) in [6.45, 7) is 2.39. The van der Waals surface area contributed by atoms with E-state index in [0.717, 1.165) is 19.5 Å². The van der Waals surface area contributed by atoms with Crippen molar-refractivity contribution in [2.75, 3.05) is 26.2 Å². The van der Waals surface area contributed by atoms with Gasteiger partial charge in [0.2, 0.25) is 11.8 Å². The number of nitrogens with zero attached hydrogens (tertiary/aromatic N) is 2. The molecule has 1 aliphatic heterocycles. The molecule has 1 aromatic carbocycles. The lowest BCUT2D eigenvalue weighted by atomic mass is 10.1. The molecule has 9 nitrogen and oxygen atoms in total. The second kappa shape index (κ2) is 9.13. The molecule has 1 saturated heterocycles. The minimum atomic E-state index is -0.465. The first kappa shape index (κ1) is 18.8. The highest BCUT2D eigenvalue weighted by molar-refractivity contribution is 5.88. The van der Waals surface area contributed by atoms with Gasteiger partial charge in [-0.15, -0.1) is 0 Å². The van der Waals surface area contributed by atoms with E-state index in [1.54, 1.807) is 0 Å². The highest BCUT2D eigenvalue weighted by Crippen LogP contribution is 2.11. The molecule has 0 unspecified atom stereocenters. The van der Waals surface area contributed by atoms with E-state index in [2.05, 4.69) is 42.8 Å². The van der Waals surface area contributed by atoms with Gasteiger partial charge in [-0.05, 0) is 12.0 Å². The van der Waals surface area contributed by atoms with Crippen molar-refractivity contribution in [3.8, 4) is 0 Å². The molecule has 1 aliphatic rings. The van der Waals surface area contributed by atoms with Gasteiger partial charge in [0.15, 0.2) is 0 Å². The Kier molecular flexibility index (Phi) is 6.37. The van der Waals surface area contributed by atoms with Gasteiger partial charge in [-0.3, -0.25) is 19.5 Å². The van der Waals surface area contributed by atoms with E-state index in [1.807, 2.05) is 18.2 Å². The number of carbonyl (C=O) groups excluding carboxylic acids is 2. The smallest absolute Gasteiger partial charge is 0.340 e. The third-order valence-electron chi connectivity index (χ3n) is 4.59. The van der Waals surface area contributed by atoms with E-state index >= 15 is 0 Å². The van der Waals surface area contributed by atoms with Crippen molar-refractivity contribution in [1.29, 1.82) is 0 Å². The van der Waals surface area contributed by atoms with Crippen molar-refractivity contribution >= 4 is 11.8 Å². The molecule has 144 valence electrons. The largest absolute Gasteiger partial charge is 0.356 e. The first-order chi connectivity index (χ1) is 13.1. The molecule has 4 N–H and O–H groups in total. The molecule has 1 atom stereocenters. The fourth-order valence-electron chi connectivity index (χ4n) is 3.16. The molecule has 2 aromatic rings. The van der Waals surface area contributed by atoms with Crippen LogP contribution in [-0.4, -0.2) is 64.1 Å². The minimum absolute atomic E-state index is 0.109. The van der Waals surface area contributed by atoms with Crippen molar-refractivity contribution in [1.82, 2.24) is 30.7 Å². The van der Waals surface area contributed by atoms with Crippen molar-refractivity contribution in [2.45, 2.75) is 25.3 Å². The fraction of sp³-hybridized carbons (Fsp3) is 0.444. The lowest BCUT2D eigenvalue weighted by molar-refractivity contribution is -0.133. The number of hydrogen-bond donors (Lipinski definition) is 4. The molecular weight excluding hydrogens is 348 g/mol. The summed E-state index contributed by atoms with van der Waals surface area (Å²) in [6, 6.07) is 9.62. The SMILES string of the molecule is O=C(C[C@H]1C(=O)NCCN1CCc1ccccc1)NCCc1n[nH]c(=O)[nH]1. The number of piperazine rings is 1. The van der Waals surface area contributed by atoms with Gasteiger partial charge in [-0.2, -0.15) is 5.10 Å². The minimum Gasteiger partial charge on any atom is -0.356 e. The Morgan fingerprint density at radius 1 is 1.22 bits per heavy atom. The molecule has 9 heteroatoms. The topological polar surface area (TPSA) is 123 Å². The third kappa shape index (κ3) is 5.52. The lowest BCUT2D eigenvalue weighted by Crippen LogP contribution is -2.56. The molecular formula is C18H24N6O3. The summed E-state index contributed by atoms with van der Waals surface area (Å²) >= 11 is 0. The van der Waals surface area contributed by atoms with E-state index in [4.69, 9.17) is 0 Å². The van der Waals surface area contributed by atoms with Crippen LogP contribution in [0.3, 0.4) is 0 Å². The number of H-pyrrole nitrogens is 2. The normalized spacial score (nSPS) is 17.5. The highest BCUT2D eigenvalue weighted by Gasteiger charge is 2.31. The van der Waals surface area contributed by atoms with Crippen molar-refractivity contribution in [3.05, 3.63) is 52.2 Å². The van der Waals surface area contributed by atoms with E-state index in [1.165, 1.54) is 5.56 Å². The van der Waals surface area contributed by atoms with Gasteiger partial charge >= 0.3 is 5.69 Å². The number of aromatic nitrogens is 3. The second-order valence-corrected chi connectivity index (χ2v) is 6.51. The zero-order valence-electron chi connectivity index (χ0n) is 15.0. The van der Waals surface area contributed by atoms with Gasteiger partial charge in [0.05, 0.1) is 12.5 Å². The quantitative estimate of drug-likeness (QED) is 0.483. The van der Waals surface area contributed by atoms with Gasteiger partial charge in [0, 0.05) is 32.6 Å². The summed E-state index contributed by atoms with van der Waals surface area (Å²) in [6.07, 6.45) is 1.36. The molecule has 0 saturated carbocycles. The average molecular weight is 372 g/mol. The number of aromatic amines is 2. The summed E-state index contributed by atoms with van der Waals surface area (Å²) in [5.41, 5.74) is 0.837. The fourth-order valence-corrected chi connectivity index (χ4v) is 3.16. The maximum Gasteiger partial charge on any atom is 0.340 e. The zero-order valence-corrected chi connectivity index (χ0v) is 15.0. The van der Waals surface area contributed by atoms with E-state index in [-0.39, 0.29) is 23.9 Å². The van der Waals surface area contributed by atoms with Gasteiger partial charge in [0.25, 0.3) is 0 Å². The Morgan fingerprint density at radius 2 is 2.04 bits per heavy atom. The van der Waals surface area contributed by atoms with Crippen molar-refractivity contribution < 1.29 is 9.59 Å². The van der Waals surface area contributed by atoms with Crippen LogP contribution in [0.25, 0.3) is 0 Å². The van der Waals surface area contributed by atoms with Crippen LogP contribution in [0, 0.1) is 0 Å². The summed E-state index contributed by atoms with van der Waals surface area (Å²) in [5.74, 6) is 0.181. The van der Waals surface area contributed by atoms with Crippen LogP contribution in [0.15, 0.2) is 35.1 Å². The van der Waals surface area contributed by atoms with E-state index in [9.17, 15) is 14.4 Å². The van der Waals surface area contributed by atoms with Crippen LogP contribution >= 0.6 is 0 Å². The Balaban J connectivity index is 1.49. The molecule has 0 aliphatic carbocycles. The zero-order chi connectivity index (χ0) is 19.1. The maximum absolute atomic E-state index is 12.3. The molecule has 1 fully saturated rings. The van der Waals surface area contributed by atoms with E-state index < -0.39 is 6.04 Å². The lowest BCUT2D eigenvalue weighted by Gasteiger charge is -2.34. The molecule has 3 rings (SSSR count). The Hall–Kier alpha value is -2.94. The number of benzene rings is 1. The van der Waals surface area contributed by atoms with Crippen molar-refractivity contribution in [2.24, 2.45) is 0 Å². The summed E-state index contributed by atoms with van der Waals surface area (Å²) < 4.78 is 0. The Morgan fingerprint density at radius 3 is 2.78 bits per heavy atom. The predicted molar refractivity (Wildman–Crippen MR) is 99.1 cm³/mol. The van der Waals surface area contributed by atoms with Gasteiger partial charge in [-0.1, -0.05) is 30.3 Å². The molecule has 0 bridgehead atoms. The average Bonchev–Trinajstić information content (AvgIpc) is 3.08. The molecule has 0 spiro atoms. The van der Waals surface area contributed by atoms with Gasteiger partial charge in [-0.25, -0.2) is 9.89 Å². The van der Waals surface area contributed by atoms with Crippen LogP contribution in [0.4, 0.5) is 0 Å². The second-order valence-electron chi connectivity index (χ2n) is 6.51. The van der Waals surface area contributed by atoms with Crippen molar-refractivity contribution in [3.63, 3.8) is 0 Å². The standard InChI is InChI=1S/C18H24N6O3/c25-16(19-8-6-15-21-18(27)23-22-15)12-14-17(26)20-9-11-24(14)10-7-13-4-2-1-3-5-13/h1-5,14H,6-12H2,(H,19,25)(H,20,26)(H2,21,22,23,27)/t14-/m0/s1. The van der Waals surface area contributed by atoms with Crippen LogP contribution in [0.2, 0.25) is 0 Å². The highest BCUT2D eigenvalue weighted by atomic mass is 16.2. The number of carbonyl (C=O) groups is 2. The molecule has 0 radical (unpaired) electrons. The number of nitrogens with one attached hydrogen (secondary N) is 4. The van der Waals surface area contributed by atoms with Gasteiger partial charge < -0.3 is 10.6 Å². The molecule has 2 amide bonds. The maximum atomic E-state index is 12.3. The molecule has 2 heterocycles. The summed E-state index contributed by atoms with van der Waals surface area (Å²) in [5, 5.41) is 11.7. The number of amides is 2. The predicted octanol–water partition coefficient (Wildman–Crippen LogP) is -0.810. The van der Waals surface area contributed by atoms with Crippen LogP contribution in [0.5, 0.6) is 0 Å². The summed E-state index contributed by atoms with van der Waals surface area (Å²) in [7, 11) is 0.